The molecule has 4 rings (SSSR count). The van der Waals surface area contributed by atoms with Crippen molar-refractivity contribution in [2.24, 2.45) is 29.1 Å². The molecule has 4 bridgehead atoms. The normalized spacial score (nSPS) is 51.9. The summed E-state index contributed by atoms with van der Waals surface area (Å²) in [6.45, 7) is 4.34. The van der Waals surface area contributed by atoms with E-state index in [0.717, 1.165) is 31.6 Å². The fourth-order valence-electron chi connectivity index (χ4n) is 5.65. The van der Waals surface area contributed by atoms with E-state index in [0.29, 0.717) is 17.8 Å². The molecule has 4 aliphatic carbocycles. The molecular formula is C18H26O2. The Labute approximate surface area is 122 Å². The first-order valence-electron chi connectivity index (χ1n) is 8.47. The second-order valence-electron chi connectivity index (χ2n) is 8.00. The summed E-state index contributed by atoms with van der Waals surface area (Å²) in [5, 5.41) is 0. The second-order valence-corrected chi connectivity index (χ2v) is 8.00. The number of hydrogen-bond acceptors (Lipinski definition) is 2. The molecule has 4 aliphatic rings. The van der Waals surface area contributed by atoms with Crippen LogP contribution < -0.4 is 0 Å². The van der Waals surface area contributed by atoms with Crippen molar-refractivity contribution in [2.75, 3.05) is 0 Å². The van der Waals surface area contributed by atoms with Crippen LogP contribution in [0.25, 0.3) is 0 Å². The van der Waals surface area contributed by atoms with Crippen LogP contribution in [0.15, 0.2) is 12.2 Å². The Morgan fingerprint density at radius 2 is 2.10 bits per heavy atom. The first-order valence-corrected chi connectivity index (χ1v) is 8.47. The molecule has 0 aliphatic heterocycles. The van der Waals surface area contributed by atoms with Gasteiger partial charge in [-0.2, -0.15) is 0 Å². The van der Waals surface area contributed by atoms with Crippen molar-refractivity contribution in [3.05, 3.63) is 12.2 Å². The lowest BCUT2D eigenvalue weighted by atomic mass is 9.76. The molecule has 0 spiro atoms. The van der Waals surface area contributed by atoms with Gasteiger partial charge in [-0.05, 0) is 75.5 Å². The molecule has 110 valence electrons. The molecule has 2 nitrogen and oxygen atoms in total. The van der Waals surface area contributed by atoms with E-state index in [2.05, 4.69) is 26.0 Å². The third-order valence-electron chi connectivity index (χ3n) is 6.96. The summed E-state index contributed by atoms with van der Waals surface area (Å²) in [7, 11) is 0. The average Bonchev–Trinajstić information content (AvgIpc) is 3.17. The van der Waals surface area contributed by atoms with Gasteiger partial charge in [0.1, 0.15) is 5.60 Å². The average molecular weight is 274 g/mol. The molecule has 3 fully saturated rings. The molecule has 0 amide bonds. The zero-order valence-corrected chi connectivity index (χ0v) is 12.7. The van der Waals surface area contributed by atoms with E-state index in [9.17, 15) is 4.79 Å². The van der Waals surface area contributed by atoms with E-state index < -0.39 is 0 Å². The maximum atomic E-state index is 12.9. The first kappa shape index (κ1) is 12.9. The van der Waals surface area contributed by atoms with E-state index in [1.807, 2.05) is 0 Å². The maximum Gasteiger partial charge on any atom is 0.312 e. The van der Waals surface area contributed by atoms with E-state index in [-0.39, 0.29) is 17.0 Å². The van der Waals surface area contributed by atoms with Gasteiger partial charge in [-0.3, -0.25) is 4.79 Å². The van der Waals surface area contributed by atoms with E-state index in [1.54, 1.807) is 0 Å². The van der Waals surface area contributed by atoms with Gasteiger partial charge >= 0.3 is 5.97 Å². The zero-order valence-electron chi connectivity index (χ0n) is 12.7. The number of carbonyl (C=O) groups is 1. The topological polar surface area (TPSA) is 26.3 Å². The molecule has 20 heavy (non-hydrogen) atoms. The molecule has 3 saturated carbocycles. The Hall–Kier alpha value is -0.790. The predicted octanol–water partition coefficient (Wildman–Crippen LogP) is 4.10. The highest BCUT2D eigenvalue weighted by molar-refractivity contribution is 5.78. The molecule has 0 radical (unpaired) electrons. The number of carbonyl (C=O) groups excluding carboxylic acids is 1. The molecule has 6 atom stereocenters. The molecule has 0 N–H and O–H groups in total. The summed E-state index contributed by atoms with van der Waals surface area (Å²) in [4.78, 5) is 12.9. The van der Waals surface area contributed by atoms with Crippen molar-refractivity contribution in [3.63, 3.8) is 0 Å². The molecule has 0 aromatic rings. The van der Waals surface area contributed by atoms with Gasteiger partial charge in [0, 0.05) is 0 Å². The number of allylic oxidation sites excluding steroid dienone is 2. The van der Waals surface area contributed by atoms with Crippen LogP contribution in [0.5, 0.6) is 0 Å². The van der Waals surface area contributed by atoms with Gasteiger partial charge in [0.15, 0.2) is 0 Å². The van der Waals surface area contributed by atoms with Crippen molar-refractivity contribution < 1.29 is 9.53 Å². The number of esters is 1. The van der Waals surface area contributed by atoms with Crippen LogP contribution >= 0.6 is 0 Å². The monoisotopic (exact) mass is 274 g/mol. The van der Waals surface area contributed by atoms with Gasteiger partial charge in [0.05, 0.1) is 5.41 Å². The number of fused-ring (bicyclic) bond motifs is 4. The highest BCUT2D eigenvalue weighted by Crippen LogP contribution is 2.57. The maximum absolute atomic E-state index is 12.9. The van der Waals surface area contributed by atoms with Crippen LogP contribution in [0.4, 0.5) is 0 Å². The zero-order chi connectivity index (χ0) is 14.0. The molecule has 0 aromatic heterocycles. The lowest BCUT2D eigenvalue weighted by Crippen LogP contribution is -2.45. The molecule has 0 saturated heterocycles. The summed E-state index contributed by atoms with van der Waals surface area (Å²) in [5.74, 6) is 2.60. The van der Waals surface area contributed by atoms with Gasteiger partial charge < -0.3 is 4.74 Å². The van der Waals surface area contributed by atoms with E-state index in [1.165, 1.54) is 19.3 Å². The lowest BCUT2D eigenvalue weighted by Gasteiger charge is -2.40. The molecule has 0 heterocycles. The summed E-state index contributed by atoms with van der Waals surface area (Å²) in [6.07, 6.45) is 12.8. The molecule has 6 unspecified atom stereocenters. The fraction of sp³-hybridized carbons (Fsp3) is 0.833. The van der Waals surface area contributed by atoms with Crippen molar-refractivity contribution in [3.8, 4) is 0 Å². The third-order valence-corrected chi connectivity index (χ3v) is 6.96. The minimum Gasteiger partial charge on any atom is -0.458 e. The molecular weight excluding hydrogens is 248 g/mol. The van der Waals surface area contributed by atoms with E-state index >= 15 is 0 Å². The lowest BCUT2D eigenvalue weighted by molar-refractivity contribution is -0.179. The van der Waals surface area contributed by atoms with Crippen molar-refractivity contribution >= 4 is 5.97 Å². The van der Waals surface area contributed by atoms with Gasteiger partial charge in [-0.1, -0.05) is 19.1 Å². The third kappa shape index (κ3) is 1.60. The summed E-state index contributed by atoms with van der Waals surface area (Å²) in [5.41, 5.74) is -0.363. The quantitative estimate of drug-likeness (QED) is 0.572. The van der Waals surface area contributed by atoms with Crippen LogP contribution in [-0.2, 0) is 9.53 Å². The standard InChI is InChI=1S/C18H26O2/c1-3-18(11-13-5-7-15(18)9-13)20-16(19)17(2)10-12-4-6-14(17)8-12/h4,6,12-15H,3,5,7-11H2,1-2H3. The Morgan fingerprint density at radius 3 is 2.60 bits per heavy atom. The SMILES string of the molecule is CCC1(OC(=O)C2(C)CC3C=CC2C3)CC2CCC1C2. The molecule has 0 aromatic carbocycles. The van der Waals surface area contributed by atoms with Crippen LogP contribution in [0, 0.1) is 29.1 Å². The van der Waals surface area contributed by atoms with Crippen LogP contribution in [0.1, 0.15) is 58.8 Å². The number of ether oxygens (including phenoxy) is 1. The number of hydrogen-bond donors (Lipinski definition) is 0. The highest BCUT2D eigenvalue weighted by Gasteiger charge is 2.57. The smallest absolute Gasteiger partial charge is 0.312 e. The largest absolute Gasteiger partial charge is 0.458 e. The van der Waals surface area contributed by atoms with Gasteiger partial charge in [0.25, 0.3) is 0 Å². The second kappa shape index (κ2) is 4.11. The summed E-state index contributed by atoms with van der Waals surface area (Å²) >= 11 is 0. The number of rotatable bonds is 3. The minimum absolute atomic E-state index is 0.101. The minimum atomic E-state index is -0.247. The Balaban J connectivity index is 1.54. The summed E-state index contributed by atoms with van der Waals surface area (Å²) in [6, 6.07) is 0. The van der Waals surface area contributed by atoms with Gasteiger partial charge in [-0.25, -0.2) is 0 Å². The van der Waals surface area contributed by atoms with Crippen LogP contribution in [0.3, 0.4) is 0 Å². The summed E-state index contributed by atoms with van der Waals surface area (Å²) < 4.78 is 6.25. The Kier molecular flexibility index (Phi) is 2.66. The van der Waals surface area contributed by atoms with Crippen LogP contribution in [0.2, 0.25) is 0 Å². The van der Waals surface area contributed by atoms with Gasteiger partial charge in [-0.15, -0.1) is 0 Å². The van der Waals surface area contributed by atoms with Gasteiger partial charge in [0.2, 0.25) is 0 Å². The first-order chi connectivity index (χ1) is 9.56. The highest BCUT2D eigenvalue weighted by atomic mass is 16.6. The molecule has 2 heteroatoms. The predicted molar refractivity (Wildman–Crippen MR) is 78.0 cm³/mol. The fourth-order valence-corrected chi connectivity index (χ4v) is 5.65. The van der Waals surface area contributed by atoms with Crippen molar-refractivity contribution in [1.82, 2.24) is 0 Å². The van der Waals surface area contributed by atoms with Crippen LogP contribution in [-0.4, -0.2) is 11.6 Å². The Morgan fingerprint density at radius 1 is 1.25 bits per heavy atom. The Bertz CT molecular complexity index is 468. The van der Waals surface area contributed by atoms with Crippen molar-refractivity contribution in [1.29, 1.82) is 0 Å². The van der Waals surface area contributed by atoms with E-state index in [4.69, 9.17) is 4.74 Å². The van der Waals surface area contributed by atoms with Crippen molar-refractivity contribution in [2.45, 2.75) is 64.4 Å².